The van der Waals surface area contributed by atoms with Crippen molar-refractivity contribution >= 4 is 15.9 Å². The summed E-state index contributed by atoms with van der Waals surface area (Å²) in [6.07, 6.45) is 1.44. The SMILES string of the molecule is N#Cc1ccccc1S(=O)(=O)N1CCC[C@@H](c2cc(C(N)=O)n[nH]2)C1. The molecule has 3 N–H and O–H groups in total. The molecule has 130 valence electrons. The van der Waals surface area contributed by atoms with E-state index in [2.05, 4.69) is 10.2 Å². The largest absolute Gasteiger partial charge is 0.364 e. The summed E-state index contributed by atoms with van der Waals surface area (Å²) in [5.74, 6) is -0.746. The molecule has 2 aromatic rings. The van der Waals surface area contributed by atoms with Crippen LogP contribution in [-0.4, -0.2) is 41.9 Å². The highest BCUT2D eigenvalue weighted by Crippen LogP contribution is 2.30. The quantitative estimate of drug-likeness (QED) is 0.838. The van der Waals surface area contributed by atoms with Crippen LogP contribution in [-0.2, 0) is 10.0 Å². The van der Waals surface area contributed by atoms with Gasteiger partial charge in [-0.1, -0.05) is 12.1 Å². The van der Waals surface area contributed by atoms with Crippen LogP contribution in [0.15, 0.2) is 35.2 Å². The van der Waals surface area contributed by atoms with Gasteiger partial charge in [0.05, 0.1) is 10.5 Å². The van der Waals surface area contributed by atoms with Crippen LogP contribution in [0.1, 0.15) is 40.5 Å². The van der Waals surface area contributed by atoms with Crippen molar-refractivity contribution in [3.63, 3.8) is 0 Å². The Balaban J connectivity index is 1.87. The zero-order chi connectivity index (χ0) is 18.0. The fraction of sp³-hybridized carbons (Fsp3) is 0.312. The van der Waals surface area contributed by atoms with E-state index in [-0.39, 0.29) is 28.6 Å². The fourth-order valence-corrected chi connectivity index (χ4v) is 4.68. The van der Waals surface area contributed by atoms with Gasteiger partial charge in [0.1, 0.15) is 11.8 Å². The van der Waals surface area contributed by atoms with E-state index in [1.54, 1.807) is 18.2 Å². The van der Waals surface area contributed by atoms with Crippen molar-refractivity contribution in [3.8, 4) is 6.07 Å². The third-order valence-electron chi connectivity index (χ3n) is 4.30. The lowest BCUT2D eigenvalue weighted by Crippen LogP contribution is -2.39. The second kappa shape index (κ2) is 6.66. The van der Waals surface area contributed by atoms with Crippen molar-refractivity contribution in [1.29, 1.82) is 5.26 Å². The summed E-state index contributed by atoms with van der Waals surface area (Å²) < 4.78 is 27.2. The maximum Gasteiger partial charge on any atom is 0.269 e. The van der Waals surface area contributed by atoms with Gasteiger partial charge in [0, 0.05) is 24.7 Å². The van der Waals surface area contributed by atoms with E-state index in [1.165, 1.54) is 16.4 Å². The molecule has 1 amide bonds. The average molecular weight is 359 g/mol. The molecule has 0 aliphatic carbocycles. The summed E-state index contributed by atoms with van der Waals surface area (Å²) in [6.45, 7) is 0.637. The highest BCUT2D eigenvalue weighted by atomic mass is 32.2. The number of nitrogens with zero attached hydrogens (tertiary/aromatic N) is 3. The molecule has 9 heteroatoms. The van der Waals surface area contributed by atoms with Crippen LogP contribution in [0, 0.1) is 11.3 Å². The number of carbonyl (C=O) groups excluding carboxylic acids is 1. The smallest absolute Gasteiger partial charge is 0.269 e. The number of carbonyl (C=O) groups is 1. The Morgan fingerprint density at radius 1 is 1.40 bits per heavy atom. The molecule has 1 aromatic carbocycles. The highest BCUT2D eigenvalue weighted by molar-refractivity contribution is 7.89. The summed E-state index contributed by atoms with van der Waals surface area (Å²) >= 11 is 0. The van der Waals surface area contributed by atoms with Gasteiger partial charge in [-0.05, 0) is 31.0 Å². The number of hydrogen-bond acceptors (Lipinski definition) is 5. The first-order chi connectivity index (χ1) is 11.9. The van der Waals surface area contributed by atoms with Crippen LogP contribution in [0.4, 0.5) is 0 Å². The zero-order valence-electron chi connectivity index (χ0n) is 13.3. The molecule has 1 saturated heterocycles. The number of amides is 1. The minimum absolute atomic E-state index is 0.0144. The van der Waals surface area contributed by atoms with Crippen molar-refractivity contribution in [2.24, 2.45) is 5.73 Å². The fourth-order valence-electron chi connectivity index (χ4n) is 3.01. The van der Waals surface area contributed by atoms with Gasteiger partial charge in [-0.25, -0.2) is 8.42 Å². The van der Waals surface area contributed by atoms with Gasteiger partial charge in [-0.15, -0.1) is 0 Å². The molecule has 0 saturated carbocycles. The third kappa shape index (κ3) is 3.26. The van der Waals surface area contributed by atoms with Gasteiger partial charge in [0.15, 0.2) is 0 Å². The molecule has 0 radical (unpaired) electrons. The van der Waals surface area contributed by atoms with Crippen molar-refractivity contribution in [2.75, 3.05) is 13.1 Å². The van der Waals surface area contributed by atoms with Crippen LogP contribution in [0.2, 0.25) is 0 Å². The number of primary amides is 1. The molecule has 1 atom stereocenters. The number of rotatable bonds is 4. The summed E-state index contributed by atoms with van der Waals surface area (Å²) in [4.78, 5) is 11.2. The highest BCUT2D eigenvalue weighted by Gasteiger charge is 2.33. The molecule has 1 fully saturated rings. The van der Waals surface area contributed by atoms with Crippen molar-refractivity contribution in [1.82, 2.24) is 14.5 Å². The number of aromatic nitrogens is 2. The van der Waals surface area contributed by atoms with Crippen molar-refractivity contribution in [2.45, 2.75) is 23.7 Å². The average Bonchev–Trinajstić information content (AvgIpc) is 3.12. The van der Waals surface area contributed by atoms with Crippen LogP contribution >= 0.6 is 0 Å². The Morgan fingerprint density at radius 3 is 2.84 bits per heavy atom. The first-order valence-electron chi connectivity index (χ1n) is 7.78. The number of sulfonamides is 1. The molecule has 1 aliphatic heterocycles. The van der Waals surface area contributed by atoms with Gasteiger partial charge >= 0.3 is 0 Å². The predicted octanol–water partition coefficient (Wildman–Crippen LogP) is 0.949. The molecular weight excluding hydrogens is 342 g/mol. The zero-order valence-corrected chi connectivity index (χ0v) is 14.2. The molecule has 0 bridgehead atoms. The van der Waals surface area contributed by atoms with E-state index < -0.39 is 15.9 Å². The molecule has 8 nitrogen and oxygen atoms in total. The summed E-state index contributed by atoms with van der Waals surface area (Å²) in [5.41, 5.74) is 6.14. The first kappa shape index (κ1) is 17.1. The van der Waals surface area contributed by atoms with Crippen molar-refractivity contribution in [3.05, 3.63) is 47.3 Å². The number of aromatic amines is 1. The van der Waals surface area contributed by atoms with Gasteiger partial charge in [0.25, 0.3) is 5.91 Å². The Morgan fingerprint density at radius 2 is 2.16 bits per heavy atom. The second-order valence-corrected chi connectivity index (χ2v) is 7.79. The lowest BCUT2D eigenvalue weighted by Gasteiger charge is -2.31. The molecule has 0 unspecified atom stereocenters. The number of H-pyrrole nitrogens is 1. The third-order valence-corrected chi connectivity index (χ3v) is 6.22. The van der Waals surface area contributed by atoms with Gasteiger partial charge < -0.3 is 5.73 Å². The minimum atomic E-state index is -3.77. The molecular formula is C16H17N5O3S. The maximum atomic E-state index is 12.9. The molecule has 1 aromatic heterocycles. The standard InChI is InChI=1S/C16H17N5O3S/c17-9-11-4-1-2-6-15(11)25(23,24)21-7-3-5-12(10-21)13-8-14(16(18)22)20-19-13/h1-2,4,6,8,12H,3,5,7,10H2,(H2,18,22)(H,19,20)/t12-/m1/s1. The van der Waals surface area contributed by atoms with E-state index in [0.29, 0.717) is 18.7 Å². The molecule has 3 rings (SSSR count). The number of benzene rings is 1. The normalized spacial score (nSPS) is 18.6. The molecule has 25 heavy (non-hydrogen) atoms. The topological polar surface area (TPSA) is 133 Å². The van der Waals surface area contributed by atoms with Gasteiger partial charge in [0.2, 0.25) is 10.0 Å². The van der Waals surface area contributed by atoms with Crippen molar-refractivity contribution < 1.29 is 13.2 Å². The van der Waals surface area contributed by atoms with Crippen LogP contribution in [0.25, 0.3) is 0 Å². The van der Waals surface area contributed by atoms with Crippen LogP contribution < -0.4 is 5.73 Å². The molecule has 0 spiro atoms. The lowest BCUT2D eigenvalue weighted by molar-refractivity contribution is 0.0995. The summed E-state index contributed by atoms with van der Waals surface area (Å²) in [6, 6.07) is 9.65. The van der Waals surface area contributed by atoms with Crippen LogP contribution in [0.5, 0.6) is 0 Å². The number of nitrogens with one attached hydrogen (secondary N) is 1. The lowest BCUT2D eigenvalue weighted by atomic mass is 9.96. The minimum Gasteiger partial charge on any atom is -0.364 e. The van der Waals surface area contributed by atoms with E-state index in [0.717, 1.165) is 6.42 Å². The molecule has 2 heterocycles. The van der Waals surface area contributed by atoms with Crippen LogP contribution in [0.3, 0.4) is 0 Å². The van der Waals surface area contributed by atoms with E-state index in [9.17, 15) is 18.5 Å². The maximum absolute atomic E-state index is 12.9. The summed E-state index contributed by atoms with van der Waals surface area (Å²) in [7, 11) is -3.77. The Kier molecular flexibility index (Phi) is 4.57. The number of piperidine rings is 1. The van der Waals surface area contributed by atoms with Gasteiger partial charge in [-0.2, -0.15) is 14.7 Å². The molecule has 1 aliphatic rings. The Hall–Kier alpha value is -2.70. The Bertz CT molecular complexity index is 945. The van der Waals surface area contributed by atoms with E-state index >= 15 is 0 Å². The number of nitriles is 1. The second-order valence-electron chi connectivity index (χ2n) is 5.88. The first-order valence-corrected chi connectivity index (χ1v) is 9.22. The number of hydrogen-bond donors (Lipinski definition) is 2. The van der Waals surface area contributed by atoms with E-state index in [1.807, 2.05) is 6.07 Å². The van der Waals surface area contributed by atoms with Gasteiger partial charge in [-0.3, -0.25) is 9.89 Å². The monoisotopic (exact) mass is 359 g/mol. The number of nitrogens with two attached hydrogens (primary N) is 1. The summed E-state index contributed by atoms with van der Waals surface area (Å²) in [5, 5.41) is 15.8. The Labute approximate surface area is 145 Å². The van der Waals surface area contributed by atoms with E-state index in [4.69, 9.17) is 5.73 Å². The predicted molar refractivity (Wildman–Crippen MR) is 89.0 cm³/mol.